The predicted octanol–water partition coefficient (Wildman–Crippen LogP) is 4.48. The van der Waals surface area contributed by atoms with Gasteiger partial charge in [0, 0.05) is 6.42 Å². The Morgan fingerprint density at radius 2 is 1.79 bits per heavy atom. The van der Waals surface area contributed by atoms with Crippen LogP contribution in [0.1, 0.15) is 85.0 Å². The monoisotopic (exact) mass is 392 g/mol. The lowest BCUT2D eigenvalue weighted by Crippen LogP contribution is -2.58. The van der Waals surface area contributed by atoms with Crippen molar-refractivity contribution < 1.29 is 20.1 Å². The van der Waals surface area contributed by atoms with E-state index in [1.54, 1.807) is 0 Å². The quantitative estimate of drug-likeness (QED) is 0.659. The van der Waals surface area contributed by atoms with E-state index in [0.29, 0.717) is 35.5 Å². The first-order valence-corrected chi connectivity index (χ1v) is 11.8. The Labute approximate surface area is 170 Å². The fourth-order valence-corrected chi connectivity index (χ4v) is 8.71. The van der Waals surface area contributed by atoms with Gasteiger partial charge in [-0.2, -0.15) is 0 Å². The molecule has 0 aliphatic heterocycles. The van der Waals surface area contributed by atoms with Crippen molar-refractivity contribution in [1.82, 2.24) is 0 Å². The van der Waals surface area contributed by atoms with Crippen molar-refractivity contribution in [3.63, 3.8) is 0 Å². The van der Waals surface area contributed by atoms with Crippen LogP contribution in [0.25, 0.3) is 0 Å². The lowest BCUT2D eigenvalue weighted by molar-refractivity contribution is -0.175. The molecule has 4 aliphatic carbocycles. The number of hydrogen-bond donors (Lipinski definition) is 3. The highest BCUT2D eigenvalue weighted by Crippen LogP contribution is 2.68. The average Bonchev–Trinajstić information content (AvgIpc) is 3.00. The van der Waals surface area contributed by atoms with Crippen LogP contribution in [0, 0.1) is 46.3 Å². The number of carbonyl (C=O) groups is 1. The number of hydrogen-bond acceptors (Lipinski definition) is 3. The van der Waals surface area contributed by atoms with Crippen molar-refractivity contribution in [1.29, 1.82) is 0 Å². The molecule has 0 aromatic carbocycles. The van der Waals surface area contributed by atoms with Crippen LogP contribution in [0.15, 0.2) is 0 Å². The van der Waals surface area contributed by atoms with Gasteiger partial charge < -0.3 is 15.3 Å². The summed E-state index contributed by atoms with van der Waals surface area (Å²) in [6.07, 6.45) is 9.26. The van der Waals surface area contributed by atoms with Gasteiger partial charge in [-0.15, -0.1) is 0 Å². The van der Waals surface area contributed by atoms with Crippen LogP contribution >= 0.6 is 0 Å². The first-order valence-electron chi connectivity index (χ1n) is 11.8. The first kappa shape index (κ1) is 20.7. The first-order chi connectivity index (χ1) is 13.2. The zero-order valence-electron chi connectivity index (χ0n) is 17.9. The van der Waals surface area contributed by atoms with Crippen LogP contribution in [0.2, 0.25) is 0 Å². The lowest BCUT2D eigenvalue weighted by Gasteiger charge is -2.62. The standard InChI is InChI=1S/C24H40O4/c1-14(4-9-22(27)28)18-7-8-19-17-6-5-15-12-16(25)10-11-23(15,2)20(17)13-21(26)24(18,19)3/h14-21,25-26H,4-13H2,1-3H3,(H,27,28)/t14-,15?,16?,17?,18?,19?,20?,21?,23?,24?/m1/s1. The molecule has 0 aromatic heterocycles. The van der Waals surface area contributed by atoms with Gasteiger partial charge in [0.2, 0.25) is 0 Å². The molecular weight excluding hydrogens is 352 g/mol. The van der Waals surface area contributed by atoms with Gasteiger partial charge in [0.15, 0.2) is 0 Å². The molecule has 0 radical (unpaired) electrons. The molecule has 0 heterocycles. The smallest absolute Gasteiger partial charge is 0.303 e. The summed E-state index contributed by atoms with van der Waals surface area (Å²) in [6.45, 7) is 6.99. The van der Waals surface area contributed by atoms with E-state index in [9.17, 15) is 15.0 Å². The van der Waals surface area contributed by atoms with Crippen LogP contribution in [0.3, 0.4) is 0 Å². The third-order valence-corrected chi connectivity index (χ3v) is 10.3. The largest absolute Gasteiger partial charge is 0.481 e. The van der Waals surface area contributed by atoms with Crippen molar-refractivity contribution in [3.8, 4) is 0 Å². The highest BCUT2D eigenvalue weighted by atomic mass is 16.4. The van der Waals surface area contributed by atoms with Gasteiger partial charge in [-0.1, -0.05) is 20.8 Å². The molecule has 4 fully saturated rings. The zero-order chi connectivity index (χ0) is 20.3. The van der Waals surface area contributed by atoms with Crippen molar-refractivity contribution in [3.05, 3.63) is 0 Å². The van der Waals surface area contributed by atoms with E-state index in [0.717, 1.165) is 38.5 Å². The Morgan fingerprint density at radius 1 is 1.04 bits per heavy atom. The maximum atomic E-state index is 11.5. The number of aliphatic hydroxyl groups excluding tert-OH is 2. The molecule has 4 heteroatoms. The van der Waals surface area contributed by atoms with Crippen molar-refractivity contribution in [2.75, 3.05) is 0 Å². The van der Waals surface area contributed by atoms with Gasteiger partial charge >= 0.3 is 5.97 Å². The van der Waals surface area contributed by atoms with Gasteiger partial charge in [-0.3, -0.25) is 4.79 Å². The fraction of sp³-hybridized carbons (Fsp3) is 0.958. The molecule has 0 aromatic rings. The van der Waals surface area contributed by atoms with Crippen LogP contribution < -0.4 is 0 Å². The maximum Gasteiger partial charge on any atom is 0.303 e. The highest BCUT2D eigenvalue weighted by molar-refractivity contribution is 5.66. The van der Waals surface area contributed by atoms with Crippen LogP contribution in [-0.4, -0.2) is 33.5 Å². The number of aliphatic hydroxyl groups is 2. The second-order valence-corrected chi connectivity index (χ2v) is 11.3. The number of rotatable bonds is 4. The Hall–Kier alpha value is -0.610. The van der Waals surface area contributed by atoms with E-state index >= 15 is 0 Å². The molecular formula is C24H40O4. The van der Waals surface area contributed by atoms with E-state index in [2.05, 4.69) is 20.8 Å². The minimum absolute atomic E-state index is 0.0591. The van der Waals surface area contributed by atoms with Crippen LogP contribution in [0.5, 0.6) is 0 Å². The molecule has 28 heavy (non-hydrogen) atoms. The van der Waals surface area contributed by atoms with E-state index < -0.39 is 5.97 Å². The SMILES string of the molecule is C[C@H](CCC(=O)O)C1CCC2C3CCC4CC(O)CCC4(C)C3CC(O)C21C. The van der Waals surface area contributed by atoms with E-state index in [1.165, 1.54) is 19.3 Å². The molecule has 0 amide bonds. The molecule has 4 nitrogen and oxygen atoms in total. The van der Waals surface area contributed by atoms with Crippen LogP contribution in [0.4, 0.5) is 0 Å². The molecule has 160 valence electrons. The molecule has 3 N–H and O–H groups in total. The van der Waals surface area contributed by atoms with E-state index in [1.807, 2.05) is 0 Å². The Morgan fingerprint density at radius 3 is 2.50 bits per heavy atom. The summed E-state index contributed by atoms with van der Waals surface area (Å²) in [7, 11) is 0. The second kappa shape index (κ2) is 7.27. The maximum absolute atomic E-state index is 11.5. The molecule has 9 unspecified atom stereocenters. The van der Waals surface area contributed by atoms with Crippen molar-refractivity contribution in [2.45, 2.75) is 97.2 Å². The lowest BCUT2D eigenvalue weighted by atomic mass is 9.43. The number of aliphatic carboxylic acids is 1. The third-order valence-electron chi connectivity index (χ3n) is 10.3. The Bertz CT molecular complexity index is 605. The predicted molar refractivity (Wildman–Crippen MR) is 109 cm³/mol. The van der Waals surface area contributed by atoms with Crippen LogP contribution in [-0.2, 0) is 4.79 Å². The summed E-state index contributed by atoms with van der Waals surface area (Å²) < 4.78 is 0. The third kappa shape index (κ3) is 3.05. The Kier molecular flexibility index (Phi) is 5.36. The number of carboxylic acid groups (broad SMARTS) is 1. The highest BCUT2D eigenvalue weighted by Gasteiger charge is 2.63. The molecule has 0 saturated heterocycles. The summed E-state index contributed by atoms with van der Waals surface area (Å²) in [5, 5.41) is 30.8. The minimum atomic E-state index is -0.707. The number of fused-ring (bicyclic) bond motifs is 5. The average molecular weight is 393 g/mol. The summed E-state index contributed by atoms with van der Waals surface area (Å²) in [6, 6.07) is 0. The molecule has 4 aliphatic rings. The van der Waals surface area contributed by atoms with Gasteiger partial charge in [-0.05, 0) is 104 Å². The summed E-state index contributed by atoms with van der Waals surface area (Å²) >= 11 is 0. The van der Waals surface area contributed by atoms with Gasteiger partial charge in [0.1, 0.15) is 0 Å². The molecule has 4 saturated carbocycles. The van der Waals surface area contributed by atoms with E-state index in [-0.39, 0.29) is 29.5 Å². The molecule has 0 bridgehead atoms. The van der Waals surface area contributed by atoms with E-state index in [4.69, 9.17) is 5.11 Å². The van der Waals surface area contributed by atoms with Crippen molar-refractivity contribution in [2.24, 2.45) is 46.3 Å². The summed E-state index contributed by atoms with van der Waals surface area (Å²) in [4.78, 5) is 11.1. The second-order valence-electron chi connectivity index (χ2n) is 11.3. The summed E-state index contributed by atoms with van der Waals surface area (Å²) in [5.41, 5.74) is 0.216. The molecule has 0 spiro atoms. The van der Waals surface area contributed by atoms with Gasteiger partial charge in [-0.25, -0.2) is 0 Å². The normalized spacial score (nSPS) is 51.7. The minimum Gasteiger partial charge on any atom is -0.481 e. The molecule has 4 rings (SSSR count). The molecule has 10 atom stereocenters. The zero-order valence-corrected chi connectivity index (χ0v) is 17.9. The van der Waals surface area contributed by atoms with Gasteiger partial charge in [0.05, 0.1) is 12.2 Å². The number of carboxylic acids is 1. The fourth-order valence-electron chi connectivity index (χ4n) is 8.71. The van der Waals surface area contributed by atoms with Crippen molar-refractivity contribution >= 4 is 5.97 Å². The Balaban J connectivity index is 1.56. The summed E-state index contributed by atoms with van der Waals surface area (Å²) in [5.74, 6) is 2.55. The van der Waals surface area contributed by atoms with Gasteiger partial charge in [0.25, 0.3) is 0 Å². The topological polar surface area (TPSA) is 77.8 Å².